The summed E-state index contributed by atoms with van der Waals surface area (Å²) in [6, 6.07) is 8.57. The highest BCUT2D eigenvalue weighted by Crippen LogP contribution is 2.30. The molecule has 0 radical (unpaired) electrons. The molecule has 0 spiro atoms. The van der Waals surface area contributed by atoms with Gasteiger partial charge in [0.1, 0.15) is 0 Å². The highest BCUT2D eigenvalue weighted by atomic mass is 35.5. The van der Waals surface area contributed by atoms with Gasteiger partial charge in [-0.1, -0.05) is 11.6 Å². The lowest BCUT2D eigenvalue weighted by Crippen LogP contribution is -1.98. The van der Waals surface area contributed by atoms with E-state index in [2.05, 4.69) is 4.98 Å². The Kier molecular flexibility index (Phi) is 4.29. The van der Waals surface area contributed by atoms with Crippen LogP contribution >= 0.6 is 23.4 Å². The first-order chi connectivity index (χ1) is 9.06. The number of thioether (sulfide) groups is 1. The Balaban J connectivity index is 2.04. The molecule has 98 valence electrons. The van der Waals surface area contributed by atoms with E-state index in [1.807, 2.05) is 6.07 Å². The number of benzene rings is 1. The van der Waals surface area contributed by atoms with Crippen molar-refractivity contribution < 1.29 is 9.90 Å². The number of anilines is 1. The number of halogens is 1. The minimum absolute atomic E-state index is 0.180. The second kappa shape index (κ2) is 5.95. The van der Waals surface area contributed by atoms with Crippen LogP contribution in [0.1, 0.15) is 16.1 Å². The van der Waals surface area contributed by atoms with Crippen molar-refractivity contribution in [2.24, 2.45) is 0 Å². The normalized spacial score (nSPS) is 10.4. The number of carboxylic acid groups (broad SMARTS) is 1. The molecule has 0 atom stereocenters. The second-order valence-corrected chi connectivity index (χ2v) is 5.25. The van der Waals surface area contributed by atoms with E-state index in [0.29, 0.717) is 16.5 Å². The first kappa shape index (κ1) is 13.7. The van der Waals surface area contributed by atoms with Gasteiger partial charge in [-0.05, 0) is 30.3 Å². The fourth-order valence-electron chi connectivity index (χ4n) is 1.42. The van der Waals surface area contributed by atoms with E-state index in [0.717, 1.165) is 10.6 Å². The van der Waals surface area contributed by atoms with Gasteiger partial charge in [0.15, 0.2) is 0 Å². The average molecular weight is 295 g/mol. The molecule has 0 aliphatic rings. The molecule has 1 aromatic carbocycles. The van der Waals surface area contributed by atoms with Crippen LogP contribution in [-0.2, 0) is 5.75 Å². The van der Waals surface area contributed by atoms with Crippen molar-refractivity contribution in [1.29, 1.82) is 0 Å². The van der Waals surface area contributed by atoms with Gasteiger partial charge in [0.05, 0.1) is 16.3 Å². The van der Waals surface area contributed by atoms with Crippen molar-refractivity contribution in [3.8, 4) is 0 Å². The highest BCUT2D eigenvalue weighted by molar-refractivity contribution is 7.98. The third-order valence-corrected chi connectivity index (χ3v) is 3.94. The molecule has 0 amide bonds. The Bertz CT molecular complexity index is 602. The Labute approximate surface area is 119 Å². The quantitative estimate of drug-likeness (QED) is 0.668. The van der Waals surface area contributed by atoms with Gasteiger partial charge in [-0.25, -0.2) is 4.79 Å². The molecule has 3 N–H and O–H groups in total. The molecule has 0 saturated heterocycles. The first-order valence-electron chi connectivity index (χ1n) is 5.42. The summed E-state index contributed by atoms with van der Waals surface area (Å²) in [5.41, 5.74) is 7.22. The second-order valence-electron chi connectivity index (χ2n) is 3.82. The topological polar surface area (TPSA) is 76.2 Å². The van der Waals surface area contributed by atoms with Crippen LogP contribution in [0.3, 0.4) is 0 Å². The van der Waals surface area contributed by atoms with E-state index in [1.165, 1.54) is 24.0 Å². The van der Waals surface area contributed by atoms with Gasteiger partial charge in [0.25, 0.3) is 0 Å². The minimum Gasteiger partial charge on any atom is -0.478 e. The molecule has 2 rings (SSSR count). The third-order valence-electron chi connectivity index (χ3n) is 2.40. The van der Waals surface area contributed by atoms with Crippen molar-refractivity contribution in [2.45, 2.75) is 10.6 Å². The van der Waals surface area contributed by atoms with E-state index in [-0.39, 0.29) is 5.56 Å². The van der Waals surface area contributed by atoms with Crippen LogP contribution in [0.5, 0.6) is 0 Å². The largest absolute Gasteiger partial charge is 0.478 e. The standard InChI is InChI=1S/C13H11ClN2O2S/c14-11-5-9(15)2-4-12(11)19-7-10-3-1-8(6-16-10)13(17)18/h1-6H,7,15H2,(H,17,18). The van der Waals surface area contributed by atoms with Gasteiger partial charge in [-0.2, -0.15) is 0 Å². The maximum Gasteiger partial charge on any atom is 0.337 e. The summed E-state index contributed by atoms with van der Waals surface area (Å²) in [5, 5.41) is 9.38. The van der Waals surface area contributed by atoms with Crippen molar-refractivity contribution in [3.63, 3.8) is 0 Å². The molecule has 1 aromatic heterocycles. The molecule has 0 fully saturated rings. The number of hydrogen-bond acceptors (Lipinski definition) is 4. The average Bonchev–Trinajstić information content (AvgIpc) is 2.38. The van der Waals surface area contributed by atoms with E-state index >= 15 is 0 Å². The number of pyridine rings is 1. The van der Waals surface area contributed by atoms with E-state index in [1.54, 1.807) is 18.2 Å². The molecular weight excluding hydrogens is 284 g/mol. The number of rotatable bonds is 4. The SMILES string of the molecule is Nc1ccc(SCc2ccc(C(=O)O)cn2)c(Cl)c1. The van der Waals surface area contributed by atoms with Crippen molar-refractivity contribution in [3.05, 3.63) is 52.8 Å². The third kappa shape index (κ3) is 3.62. The molecule has 0 unspecified atom stereocenters. The van der Waals surface area contributed by atoms with Crippen LogP contribution in [0.4, 0.5) is 5.69 Å². The molecule has 6 heteroatoms. The van der Waals surface area contributed by atoms with Crippen LogP contribution in [0.25, 0.3) is 0 Å². The van der Waals surface area contributed by atoms with Gasteiger partial charge in [0, 0.05) is 22.5 Å². The Morgan fingerprint density at radius 1 is 1.37 bits per heavy atom. The monoisotopic (exact) mass is 294 g/mol. The zero-order valence-corrected chi connectivity index (χ0v) is 11.4. The van der Waals surface area contributed by atoms with Gasteiger partial charge < -0.3 is 10.8 Å². The van der Waals surface area contributed by atoms with Gasteiger partial charge in [0.2, 0.25) is 0 Å². The molecule has 0 saturated carbocycles. The number of aromatic carboxylic acids is 1. The maximum atomic E-state index is 10.7. The Morgan fingerprint density at radius 2 is 2.16 bits per heavy atom. The fourth-order valence-corrected chi connectivity index (χ4v) is 2.61. The van der Waals surface area contributed by atoms with Crippen molar-refractivity contribution in [1.82, 2.24) is 4.98 Å². The number of nitrogens with zero attached hydrogens (tertiary/aromatic N) is 1. The number of carbonyl (C=O) groups is 1. The zero-order chi connectivity index (χ0) is 13.8. The molecule has 0 aliphatic carbocycles. The maximum absolute atomic E-state index is 10.7. The Hall–Kier alpha value is -1.72. The van der Waals surface area contributed by atoms with E-state index < -0.39 is 5.97 Å². The predicted molar refractivity (Wildman–Crippen MR) is 76.6 cm³/mol. The summed E-state index contributed by atoms with van der Waals surface area (Å²) in [6.45, 7) is 0. The van der Waals surface area contributed by atoms with Crippen LogP contribution in [-0.4, -0.2) is 16.1 Å². The Morgan fingerprint density at radius 3 is 2.74 bits per heavy atom. The van der Waals surface area contributed by atoms with Crippen LogP contribution in [0, 0.1) is 0 Å². The molecule has 0 aliphatic heterocycles. The number of carboxylic acids is 1. The number of nitrogen functional groups attached to an aromatic ring is 1. The highest BCUT2D eigenvalue weighted by Gasteiger charge is 2.05. The molecule has 1 heterocycles. The van der Waals surface area contributed by atoms with Gasteiger partial charge in [-0.15, -0.1) is 11.8 Å². The number of aromatic nitrogens is 1. The summed E-state index contributed by atoms with van der Waals surface area (Å²) < 4.78 is 0. The van der Waals surface area contributed by atoms with Crippen LogP contribution in [0.2, 0.25) is 5.02 Å². The lowest BCUT2D eigenvalue weighted by molar-refractivity contribution is 0.0696. The summed E-state index contributed by atoms with van der Waals surface area (Å²) >= 11 is 7.59. The summed E-state index contributed by atoms with van der Waals surface area (Å²) in [6.07, 6.45) is 1.35. The summed E-state index contributed by atoms with van der Waals surface area (Å²) in [5.74, 6) is -0.364. The lowest BCUT2D eigenvalue weighted by atomic mass is 10.2. The first-order valence-corrected chi connectivity index (χ1v) is 6.78. The summed E-state index contributed by atoms with van der Waals surface area (Å²) in [7, 11) is 0. The zero-order valence-electron chi connectivity index (χ0n) is 9.84. The van der Waals surface area contributed by atoms with Crippen LogP contribution in [0.15, 0.2) is 41.4 Å². The van der Waals surface area contributed by atoms with Gasteiger partial charge in [-0.3, -0.25) is 4.98 Å². The number of hydrogen-bond donors (Lipinski definition) is 2. The van der Waals surface area contributed by atoms with Crippen molar-refractivity contribution in [2.75, 3.05) is 5.73 Å². The summed E-state index contributed by atoms with van der Waals surface area (Å²) in [4.78, 5) is 15.7. The predicted octanol–water partition coefficient (Wildman–Crippen LogP) is 3.31. The smallest absolute Gasteiger partial charge is 0.337 e. The minimum atomic E-state index is -0.978. The number of nitrogens with two attached hydrogens (primary N) is 1. The molecule has 2 aromatic rings. The van der Waals surface area contributed by atoms with Crippen LogP contribution < -0.4 is 5.73 Å². The van der Waals surface area contributed by atoms with E-state index in [9.17, 15) is 4.79 Å². The van der Waals surface area contributed by atoms with Gasteiger partial charge >= 0.3 is 5.97 Å². The molecule has 0 bridgehead atoms. The fraction of sp³-hybridized carbons (Fsp3) is 0.0769. The molecule has 4 nitrogen and oxygen atoms in total. The molecule has 19 heavy (non-hydrogen) atoms. The lowest BCUT2D eigenvalue weighted by Gasteiger charge is -2.05. The molecular formula is C13H11ClN2O2S. The van der Waals surface area contributed by atoms with Crippen molar-refractivity contribution >= 4 is 35.0 Å². The van der Waals surface area contributed by atoms with E-state index in [4.69, 9.17) is 22.4 Å².